The van der Waals surface area contributed by atoms with Gasteiger partial charge in [-0.1, -0.05) is 0 Å². The number of carboxylic acid groups (broad SMARTS) is 1. The van der Waals surface area contributed by atoms with Crippen LogP contribution >= 0.6 is 27.3 Å². The Labute approximate surface area is 115 Å². The number of thiophene rings is 1. The van der Waals surface area contributed by atoms with Gasteiger partial charge in [0.1, 0.15) is 6.61 Å². The van der Waals surface area contributed by atoms with Crippen molar-refractivity contribution in [2.24, 2.45) is 0 Å². The fourth-order valence-corrected chi connectivity index (χ4v) is 2.73. The fraction of sp³-hybridized carbons (Fsp3) is 0.0833. The minimum absolute atomic E-state index is 0.0459. The monoisotopic (exact) mass is 330 g/mol. The molecule has 2 aromatic rings. The van der Waals surface area contributed by atoms with E-state index in [-0.39, 0.29) is 17.9 Å². The van der Waals surface area contributed by atoms with E-state index in [0.717, 1.165) is 14.7 Å². The first kappa shape index (κ1) is 13.0. The Balaban J connectivity index is 2.08. The lowest BCUT2D eigenvalue weighted by atomic mass is 10.2. The smallest absolute Gasteiger partial charge is 0.335 e. The van der Waals surface area contributed by atoms with Gasteiger partial charge in [-0.2, -0.15) is 0 Å². The molecule has 6 heteroatoms. The van der Waals surface area contributed by atoms with E-state index >= 15 is 0 Å². The molecule has 0 aliphatic rings. The number of benzene rings is 1. The Bertz CT molecular complexity index is 582. The molecule has 0 aliphatic heterocycles. The Hall–Kier alpha value is -1.40. The zero-order valence-corrected chi connectivity index (χ0v) is 11.4. The number of aromatic carboxylic acids is 1. The highest BCUT2D eigenvalue weighted by molar-refractivity contribution is 9.11. The molecule has 1 heterocycles. The van der Waals surface area contributed by atoms with Crippen molar-refractivity contribution in [3.8, 4) is 5.75 Å². The first-order valence-electron chi connectivity index (χ1n) is 4.96. The molecule has 94 valence electrons. The molecule has 0 unspecified atom stereocenters. The number of ether oxygens (including phenoxy) is 1. The predicted molar refractivity (Wildman–Crippen MR) is 69.7 cm³/mol. The summed E-state index contributed by atoms with van der Waals surface area (Å²) in [6, 6.07) is 7.33. The molecule has 3 nitrogen and oxygen atoms in total. The minimum atomic E-state index is -1.16. The highest BCUT2D eigenvalue weighted by Gasteiger charge is 2.09. The number of rotatable bonds is 4. The molecule has 0 atom stereocenters. The molecular formula is C12H8BrFO3S. The molecule has 0 saturated heterocycles. The van der Waals surface area contributed by atoms with Gasteiger partial charge in [0.25, 0.3) is 0 Å². The van der Waals surface area contributed by atoms with Gasteiger partial charge < -0.3 is 9.84 Å². The highest BCUT2D eigenvalue weighted by atomic mass is 79.9. The molecule has 0 aliphatic carbocycles. The van der Waals surface area contributed by atoms with Crippen LogP contribution in [0.3, 0.4) is 0 Å². The summed E-state index contributed by atoms with van der Waals surface area (Å²) in [5, 5.41) is 8.70. The first-order valence-corrected chi connectivity index (χ1v) is 6.57. The van der Waals surface area contributed by atoms with Crippen LogP contribution in [0.2, 0.25) is 0 Å². The van der Waals surface area contributed by atoms with E-state index in [2.05, 4.69) is 15.9 Å². The molecule has 2 rings (SSSR count). The van der Waals surface area contributed by atoms with Gasteiger partial charge in [0.15, 0.2) is 11.6 Å². The van der Waals surface area contributed by atoms with Crippen molar-refractivity contribution < 1.29 is 19.0 Å². The molecule has 1 N–H and O–H groups in total. The average Bonchev–Trinajstić information content (AvgIpc) is 2.73. The standard InChI is InChI=1S/C12H8BrFO3S/c13-11-4-2-8(18-11)6-17-10-3-1-7(12(15)16)5-9(10)14/h1-5H,6H2,(H,15,16). The number of carbonyl (C=O) groups is 1. The molecular weight excluding hydrogens is 323 g/mol. The third-order valence-corrected chi connectivity index (χ3v) is 3.77. The van der Waals surface area contributed by atoms with Gasteiger partial charge in [-0.3, -0.25) is 0 Å². The van der Waals surface area contributed by atoms with Gasteiger partial charge in [-0.25, -0.2) is 9.18 Å². The van der Waals surface area contributed by atoms with E-state index in [1.165, 1.54) is 23.5 Å². The summed E-state index contributed by atoms with van der Waals surface area (Å²) < 4.78 is 19.8. The van der Waals surface area contributed by atoms with Crippen LogP contribution in [0.1, 0.15) is 15.2 Å². The van der Waals surface area contributed by atoms with Crippen LogP contribution in [-0.4, -0.2) is 11.1 Å². The third kappa shape index (κ3) is 3.08. The van der Waals surface area contributed by atoms with Gasteiger partial charge in [0, 0.05) is 4.88 Å². The van der Waals surface area contributed by atoms with E-state index in [0.29, 0.717) is 0 Å². The Morgan fingerprint density at radius 2 is 2.17 bits per heavy atom. The van der Waals surface area contributed by atoms with Gasteiger partial charge >= 0.3 is 5.97 Å². The maximum atomic E-state index is 13.5. The number of hydrogen-bond acceptors (Lipinski definition) is 3. The number of carboxylic acids is 1. The molecule has 0 fully saturated rings. The summed E-state index contributed by atoms with van der Waals surface area (Å²) in [5.41, 5.74) is -0.0984. The number of hydrogen-bond donors (Lipinski definition) is 1. The van der Waals surface area contributed by atoms with Crippen LogP contribution in [0, 0.1) is 5.82 Å². The predicted octanol–water partition coefficient (Wildman–Crippen LogP) is 3.93. The SMILES string of the molecule is O=C(O)c1ccc(OCc2ccc(Br)s2)c(F)c1. The summed E-state index contributed by atoms with van der Waals surface area (Å²) in [5.74, 6) is -1.79. The topological polar surface area (TPSA) is 46.5 Å². The molecule has 1 aromatic heterocycles. The third-order valence-electron chi connectivity index (χ3n) is 2.18. The lowest BCUT2D eigenvalue weighted by Gasteiger charge is -2.06. The lowest BCUT2D eigenvalue weighted by molar-refractivity contribution is 0.0696. The summed E-state index contributed by atoms with van der Waals surface area (Å²) in [6.45, 7) is 0.250. The second-order valence-electron chi connectivity index (χ2n) is 3.44. The average molecular weight is 331 g/mol. The largest absolute Gasteiger partial charge is 0.485 e. The molecule has 0 amide bonds. The van der Waals surface area contributed by atoms with E-state index in [4.69, 9.17) is 9.84 Å². The van der Waals surface area contributed by atoms with E-state index < -0.39 is 11.8 Å². The summed E-state index contributed by atoms with van der Waals surface area (Å²) in [7, 11) is 0. The van der Waals surface area contributed by atoms with Gasteiger partial charge in [-0.05, 0) is 46.3 Å². The van der Waals surface area contributed by atoms with Gasteiger partial charge in [-0.15, -0.1) is 11.3 Å². The van der Waals surface area contributed by atoms with Crippen molar-refractivity contribution >= 4 is 33.2 Å². The molecule has 0 bridgehead atoms. The minimum Gasteiger partial charge on any atom is -0.485 e. The maximum absolute atomic E-state index is 13.5. The summed E-state index contributed by atoms with van der Waals surface area (Å²) >= 11 is 4.82. The van der Waals surface area contributed by atoms with Crippen LogP contribution in [0.4, 0.5) is 4.39 Å². The van der Waals surface area contributed by atoms with Crippen molar-refractivity contribution in [2.75, 3.05) is 0 Å². The second kappa shape index (κ2) is 5.49. The zero-order chi connectivity index (χ0) is 13.1. The Kier molecular flexibility index (Phi) is 3.98. The first-order chi connectivity index (χ1) is 8.56. The van der Waals surface area contributed by atoms with Crippen LogP contribution in [-0.2, 0) is 6.61 Å². The van der Waals surface area contributed by atoms with Crippen molar-refractivity contribution in [1.29, 1.82) is 0 Å². The van der Waals surface area contributed by atoms with Crippen LogP contribution in [0.5, 0.6) is 5.75 Å². The second-order valence-corrected chi connectivity index (χ2v) is 5.99. The molecule has 0 spiro atoms. The van der Waals surface area contributed by atoms with Gasteiger partial charge in [0.05, 0.1) is 9.35 Å². The van der Waals surface area contributed by atoms with Crippen LogP contribution in [0.15, 0.2) is 34.1 Å². The molecule has 0 radical (unpaired) electrons. The fourth-order valence-electron chi connectivity index (χ4n) is 1.33. The summed E-state index contributed by atoms with van der Waals surface area (Å²) in [6.07, 6.45) is 0. The Morgan fingerprint density at radius 1 is 1.39 bits per heavy atom. The zero-order valence-electron chi connectivity index (χ0n) is 9.02. The van der Waals surface area contributed by atoms with Crippen molar-refractivity contribution in [2.45, 2.75) is 6.61 Å². The quantitative estimate of drug-likeness (QED) is 0.923. The van der Waals surface area contributed by atoms with E-state index in [1.54, 1.807) is 0 Å². The van der Waals surface area contributed by atoms with Gasteiger partial charge in [0.2, 0.25) is 0 Å². The molecule has 18 heavy (non-hydrogen) atoms. The normalized spacial score (nSPS) is 10.3. The van der Waals surface area contributed by atoms with E-state index in [9.17, 15) is 9.18 Å². The Morgan fingerprint density at radius 3 is 2.72 bits per heavy atom. The lowest BCUT2D eigenvalue weighted by Crippen LogP contribution is -2.00. The highest BCUT2D eigenvalue weighted by Crippen LogP contribution is 2.25. The van der Waals surface area contributed by atoms with Crippen molar-refractivity contribution in [3.63, 3.8) is 0 Å². The maximum Gasteiger partial charge on any atom is 0.335 e. The number of halogens is 2. The van der Waals surface area contributed by atoms with Crippen LogP contribution < -0.4 is 4.74 Å². The van der Waals surface area contributed by atoms with Crippen molar-refractivity contribution in [1.82, 2.24) is 0 Å². The molecule has 0 saturated carbocycles. The van der Waals surface area contributed by atoms with Crippen molar-refractivity contribution in [3.05, 3.63) is 50.4 Å². The van der Waals surface area contributed by atoms with Crippen LogP contribution in [0.25, 0.3) is 0 Å². The molecule has 1 aromatic carbocycles. The van der Waals surface area contributed by atoms with E-state index in [1.807, 2.05) is 12.1 Å². The summed E-state index contributed by atoms with van der Waals surface area (Å²) in [4.78, 5) is 11.6.